The first kappa shape index (κ1) is 28.7. The van der Waals surface area contributed by atoms with Gasteiger partial charge in [-0.1, -0.05) is 158 Å². The molecule has 2 heterocycles. The zero-order valence-electron chi connectivity index (χ0n) is 26.6. The van der Waals surface area contributed by atoms with Gasteiger partial charge in [-0.05, 0) is 51.6 Å². The van der Waals surface area contributed by atoms with Crippen molar-refractivity contribution in [3.8, 4) is 33.4 Å². The lowest BCUT2D eigenvalue weighted by Gasteiger charge is -2.23. The van der Waals surface area contributed by atoms with Gasteiger partial charge in [0, 0.05) is 27.5 Å². The van der Waals surface area contributed by atoms with Gasteiger partial charge in [0.05, 0.1) is 0 Å². The number of rotatable bonds is 6. The molecule has 1 aliphatic rings. The molecule has 1 N–H and O–H groups in total. The van der Waals surface area contributed by atoms with Crippen molar-refractivity contribution in [1.29, 1.82) is 0 Å². The molecule has 7 aromatic carbocycles. The highest BCUT2D eigenvalue weighted by Gasteiger charge is 2.24. The van der Waals surface area contributed by atoms with Crippen molar-refractivity contribution in [2.24, 2.45) is 9.98 Å². The minimum absolute atomic E-state index is 0.471. The number of hydrogen-bond donors (Lipinski definition) is 1. The van der Waals surface area contributed by atoms with Crippen LogP contribution >= 0.6 is 0 Å². The third-order valence-corrected chi connectivity index (χ3v) is 9.18. The minimum Gasteiger partial charge on any atom is -0.456 e. The molecule has 0 saturated carbocycles. The second kappa shape index (κ2) is 12.3. The largest absolute Gasteiger partial charge is 0.456 e. The summed E-state index contributed by atoms with van der Waals surface area (Å²) in [5.41, 5.74) is 11.7. The van der Waals surface area contributed by atoms with Crippen molar-refractivity contribution in [2.75, 3.05) is 0 Å². The molecule has 0 bridgehead atoms. The molecule has 232 valence electrons. The lowest BCUT2D eigenvalue weighted by Crippen LogP contribution is -2.36. The first-order valence-electron chi connectivity index (χ1n) is 16.5. The molecule has 4 nitrogen and oxygen atoms in total. The first-order chi connectivity index (χ1) is 24.3. The summed E-state index contributed by atoms with van der Waals surface area (Å²) in [4.78, 5) is 10.4. The minimum atomic E-state index is -0.471. The highest BCUT2D eigenvalue weighted by atomic mass is 16.3. The maximum atomic E-state index is 6.37. The van der Waals surface area contributed by atoms with Crippen molar-refractivity contribution in [3.05, 3.63) is 193 Å². The molecular weight excluding hydrogens is 599 g/mol. The lowest BCUT2D eigenvalue weighted by atomic mass is 9.99. The van der Waals surface area contributed by atoms with Crippen LogP contribution in [0.3, 0.4) is 0 Å². The molecule has 0 fully saturated rings. The van der Waals surface area contributed by atoms with Crippen LogP contribution in [0.5, 0.6) is 0 Å². The van der Waals surface area contributed by atoms with Gasteiger partial charge in [-0.3, -0.25) is 0 Å². The molecule has 0 aliphatic carbocycles. The molecule has 1 unspecified atom stereocenters. The summed E-state index contributed by atoms with van der Waals surface area (Å²) in [5.74, 6) is 1.56. The fraction of sp³-hybridized carbons (Fsp3) is 0.0222. The van der Waals surface area contributed by atoms with Crippen LogP contribution in [0.4, 0.5) is 0 Å². The van der Waals surface area contributed by atoms with Crippen LogP contribution in [0.2, 0.25) is 0 Å². The monoisotopic (exact) mass is 629 g/mol. The van der Waals surface area contributed by atoms with E-state index in [1.807, 2.05) is 42.5 Å². The Labute approximate surface area is 284 Å². The summed E-state index contributed by atoms with van der Waals surface area (Å²) in [6.45, 7) is 0. The van der Waals surface area contributed by atoms with E-state index in [-0.39, 0.29) is 0 Å². The molecule has 9 rings (SSSR count). The normalized spacial score (nSPS) is 14.3. The van der Waals surface area contributed by atoms with Crippen LogP contribution in [0.15, 0.2) is 190 Å². The van der Waals surface area contributed by atoms with Crippen molar-refractivity contribution in [1.82, 2.24) is 5.32 Å². The third-order valence-electron chi connectivity index (χ3n) is 9.18. The van der Waals surface area contributed by atoms with Crippen LogP contribution < -0.4 is 5.32 Å². The van der Waals surface area contributed by atoms with Gasteiger partial charge in [0.2, 0.25) is 0 Å². The Kier molecular flexibility index (Phi) is 7.17. The summed E-state index contributed by atoms with van der Waals surface area (Å²) in [5, 5.41) is 5.65. The van der Waals surface area contributed by atoms with E-state index in [4.69, 9.17) is 14.4 Å². The summed E-state index contributed by atoms with van der Waals surface area (Å²) >= 11 is 0. The Morgan fingerprint density at radius 1 is 0.388 bits per heavy atom. The van der Waals surface area contributed by atoms with Crippen LogP contribution in [0.1, 0.15) is 22.9 Å². The number of amidine groups is 2. The number of furan rings is 1. The maximum absolute atomic E-state index is 6.37. The molecule has 4 heteroatoms. The van der Waals surface area contributed by atoms with E-state index in [1.165, 1.54) is 22.3 Å². The second-order valence-corrected chi connectivity index (χ2v) is 12.2. The molecule has 0 saturated heterocycles. The zero-order chi connectivity index (χ0) is 32.6. The highest BCUT2D eigenvalue weighted by molar-refractivity contribution is 6.16. The number of hydrogen-bond acceptors (Lipinski definition) is 4. The quantitative estimate of drug-likeness (QED) is 0.199. The highest BCUT2D eigenvalue weighted by Crippen LogP contribution is 2.38. The molecule has 1 aromatic heterocycles. The summed E-state index contributed by atoms with van der Waals surface area (Å²) in [6, 6.07) is 61.1. The maximum Gasteiger partial charge on any atom is 0.170 e. The molecule has 0 radical (unpaired) electrons. The van der Waals surface area contributed by atoms with Crippen molar-refractivity contribution >= 4 is 33.6 Å². The Morgan fingerprint density at radius 3 is 1.41 bits per heavy atom. The van der Waals surface area contributed by atoms with E-state index in [0.717, 1.165) is 61.4 Å². The predicted octanol–water partition coefficient (Wildman–Crippen LogP) is 11.1. The van der Waals surface area contributed by atoms with Crippen LogP contribution in [-0.4, -0.2) is 11.7 Å². The summed E-state index contributed by atoms with van der Waals surface area (Å²) in [7, 11) is 0. The number of nitrogens with one attached hydrogen (secondary N) is 1. The third kappa shape index (κ3) is 5.49. The van der Waals surface area contributed by atoms with Gasteiger partial charge in [-0.2, -0.15) is 0 Å². The number of fused-ring (bicyclic) bond motifs is 3. The number of nitrogens with zero attached hydrogens (tertiary/aromatic N) is 2. The van der Waals surface area contributed by atoms with E-state index in [9.17, 15) is 0 Å². The van der Waals surface area contributed by atoms with Crippen molar-refractivity contribution in [2.45, 2.75) is 6.17 Å². The summed E-state index contributed by atoms with van der Waals surface area (Å²) in [6.07, 6.45) is -0.471. The molecule has 1 atom stereocenters. The Bertz CT molecular complexity index is 2480. The van der Waals surface area contributed by atoms with Gasteiger partial charge in [0.1, 0.15) is 22.8 Å². The second-order valence-electron chi connectivity index (χ2n) is 12.2. The van der Waals surface area contributed by atoms with Gasteiger partial charge in [-0.25, -0.2) is 9.98 Å². The van der Waals surface area contributed by atoms with Gasteiger partial charge in [-0.15, -0.1) is 0 Å². The van der Waals surface area contributed by atoms with Gasteiger partial charge >= 0.3 is 0 Å². The van der Waals surface area contributed by atoms with E-state index >= 15 is 0 Å². The molecule has 1 aliphatic heterocycles. The lowest BCUT2D eigenvalue weighted by molar-refractivity contribution is 0.667. The van der Waals surface area contributed by atoms with Crippen LogP contribution in [0, 0.1) is 0 Å². The molecule has 49 heavy (non-hydrogen) atoms. The average Bonchev–Trinajstić information content (AvgIpc) is 3.57. The molecule has 0 spiro atoms. The topological polar surface area (TPSA) is 49.9 Å². The van der Waals surface area contributed by atoms with Crippen LogP contribution in [-0.2, 0) is 0 Å². The molecular formula is C45H31N3O. The number of benzene rings is 7. The molecule has 0 amide bonds. The fourth-order valence-electron chi connectivity index (χ4n) is 6.66. The Balaban J connectivity index is 1.11. The summed E-state index contributed by atoms with van der Waals surface area (Å²) < 4.78 is 6.37. The predicted molar refractivity (Wildman–Crippen MR) is 202 cm³/mol. The van der Waals surface area contributed by atoms with E-state index in [1.54, 1.807) is 0 Å². The fourth-order valence-corrected chi connectivity index (χ4v) is 6.66. The Morgan fingerprint density at radius 2 is 0.837 bits per heavy atom. The Hall–Kier alpha value is -6.52. The van der Waals surface area contributed by atoms with Gasteiger partial charge < -0.3 is 9.73 Å². The first-order valence-corrected chi connectivity index (χ1v) is 16.5. The SMILES string of the molecule is c1ccc(C2=NC(c3cccc4oc5ccc(-c6ccccc6)cc5c34)N=C(c3ccc(-c4ccc(-c5ccccc5)cc4)cc3)N2)cc1. The van der Waals surface area contributed by atoms with Crippen LogP contribution in [0.25, 0.3) is 55.3 Å². The average molecular weight is 630 g/mol. The zero-order valence-corrected chi connectivity index (χ0v) is 26.6. The van der Waals surface area contributed by atoms with Gasteiger partial charge in [0.15, 0.2) is 6.17 Å². The van der Waals surface area contributed by atoms with Crippen molar-refractivity contribution < 1.29 is 4.42 Å². The smallest absolute Gasteiger partial charge is 0.170 e. The van der Waals surface area contributed by atoms with E-state index in [2.05, 4.69) is 139 Å². The van der Waals surface area contributed by atoms with Gasteiger partial charge in [0.25, 0.3) is 0 Å². The van der Waals surface area contributed by atoms with Crippen molar-refractivity contribution in [3.63, 3.8) is 0 Å². The van der Waals surface area contributed by atoms with E-state index < -0.39 is 6.17 Å². The number of aliphatic imine (C=N–C) groups is 2. The standard InChI is InChI=1S/C45H31N3O/c1-4-11-30(12-5-1)32-19-21-33(22-20-32)34-23-25-36(26-24-34)44-46-43(35-15-8-3-9-16-35)47-45(48-44)38-17-10-18-41-42(38)39-29-37(27-28-40(39)49-41)31-13-6-2-7-14-31/h1-29,45H,(H,46,47,48). The van der Waals surface area contributed by atoms with E-state index in [0.29, 0.717) is 0 Å². The molecule has 8 aromatic rings.